The highest BCUT2D eigenvalue weighted by molar-refractivity contribution is 5.95. The van der Waals surface area contributed by atoms with Crippen molar-refractivity contribution in [2.24, 2.45) is 11.3 Å². The Morgan fingerprint density at radius 1 is 1.44 bits per heavy atom. The van der Waals surface area contributed by atoms with Gasteiger partial charge < -0.3 is 11.1 Å². The van der Waals surface area contributed by atoms with Crippen molar-refractivity contribution in [2.75, 3.05) is 12.3 Å². The van der Waals surface area contributed by atoms with Crippen LogP contribution in [0.3, 0.4) is 0 Å². The van der Waals surface area contributed by atoms with Crippen molar-refractivity contribution < 1.29 is 9.18 Å². The summed E-state index contributed by atoms with van der Waals surface area (Å²) in [6.45, 7) is 0.671. The SMILES string of the molecule is Nc1ccc(F)c(C(=O)NCC2(C3CC3)CC2)c1. The van der Waals surface area contributed by atoms with Gasteiger partial charge in [-0.3, -0.25) is 4.79 Å². The Morgan fingerprint density at radius 2 is 2.17 bits per heavy atom. The predicted molar refractivity (Wildman–Crippen MR) is 67.5 cm³/mol. The Morgan fingerprint density at radius 3 is 2.78 bits per heavy atom. The number of halogens is 1. The van der Waals surface area contributed by atoms with E-state index < -0.39 is 5.82 Å². The molecular formula is C14H17FN2O. The van der Waals surface area contributed by atoms with E-state index in [4.69, 9.17) is 5.73 Å². The van der Waals surface area contributed by atoms with E-state index in [9.17, 15) is 9.18 Å². The zero-order chi connectivity index (χ0) is 12.8. The second-order valence-electron chi connectivity index (χ2n) is 5.56. The van der Waals surface area contributed by atoms with Crippen molar-refractivity contribution in [1.82, 2.24) is 5.32 Å². The van der Waals surface area contributed by atoms with Gasteiger partial charge in [0.2, 0.25) is 0 Å². The summed E-state index contributed by atoms with van der Waals surface area (Å²) in [4.78, 5) is 11.9. The van der Waals surface area contributed by atoms with Gasteiger partial charge >= 0.3 is 0 Å². The molecule has 0 spiro atoms. The van der Waals surface area contributed by atoms with Crippen molar-refractivity contribution in [2.45, 2.75) is 25.7 Å². The molecule has 2 saturated carbocycles. The van der Waals surface area contributed by atoms with Crippen LogP contribution in [0.15, 0.2) is 18.2 Å². The van der Waals surface area contributed by atoms with Crippen LogP contribution in [0, 0.1) is 17.2 Å². The van der Waals surface area contributed by atoms with E-state index in [1.807, 2.05) is 0 Å². The number of amides is 1. The number of carbonyl (C=O) groups is 1. The number of nitrogens with one attached hydrogen (secondary N) is 1. The smallest absolute Gasteiger partial charge is 0.254 e. The first-order chi connectivity index (χ1) is 8.61. The van der Waals surface area contributed by atoms with Gasteiger partial charge in [-0.25, -0.2) is 4.39 Å². The molecule has 2 aliphatic carbocycles. The minimum atomic E-state index is -0.516. The lowest BCUT2D eigenvalue weighted by atomic mass is 10.0. The summed E-state index contributed by atoms with van der Waals surface area (Å²) in [5.74, 6) is -0.0896. The number of carbonyl (C=O) groups excluding carboxylic acids is 1. The van der Waals surface area contributed by atoms with E-state index in [0.717, 1.165) is 5.92 Å². The van der Waals surface area contributed by atoms with Gasteiger partial charge in [-0.2, -0.15) is 0 Å². The first-order valence-electron chi connectivity index (χ1n) is 6.44. The first-order valence-corrected chi connectivity index (χ1v) is 6.44. The molecule has 1 amide bonds. The fourth-order valence-corrected chi connectivity index (χ4v) is 2.65. The van der Waals surface area contributed by atoms with Crippen molar-refractivity contribution in [1.29, 1.82) is 0 Å². The average molecular weight is 248 g/mol. The van der Waals surface area contributed by atoms with Crippen LogP contribution in [-0.2, 0) is 0 Å². The molecule has 0 saturated heterocycles. The number of anilines is 1. The highest BCUT2D eigenvalue weighted by Crippen LogP contribution is 2.60. The summed E-state index contributed by atoms with van der Waals surface area (Å²) in [5.41, 5.74) is 6.35. The summed E-state index contributed by atoms with van der Waals surface area (Å²) >= 11 is 0. The van der Waals surface area contributed by atoms with E-state index in [1.54, 1.807) is 0 Å². The third-order valence-electron chi connectivity index (χ3n) is 4.17. The maximum Gasteiger partial charge on any atom is 0.254 e. The fourth-order valence-electron chi connectivity index (χ4n) is 2.65. The highest BCUT2D eigenvalue weighted by atomic mass is 19.1. The molecule has 4 heteroatoms. The number of rotatable bonds is 4. The molecule has 0 aromatic heterocycles. The third kappa shape index (κ3) is 2.07. The van der Waals surface area contributed by atoms with Gasteiger partial charge in [0.05, 0.1) is 5.56 Å². The third-order valence-corrected chi connectivity index (χ3v) is 4.17. The van der Waals surface area contributed by atoms with Gasteiger partial charge in [-0.15, -0.1) is 0 Å². The van der Waals surface area contributed by atoms with E-state index in [0.29, 0.717) is 17.6 Å². The number of nitrogen functional groups attached to an aromatic ring is 1. The standard InChI is InChI=1S/C14H17FN2O/c15-12-4-3-10(16)7-11(12)13(18)17-8-14(5-6-14)9-1-2-9/h3-4,7,9H,1-2,5-6,8,16H2,(H,17,18). The molecular weight excluding hydrogens is 231 g/mol. The molecule has 3 N–H and O–H groups in total. The van der Waals surface area contributed by atoms with E-state index in [1.165, 1.54) is 43.9 Å². The Balaban J connectivity index is 1.65. The Hall–Kier alpha value is -1.58. The van der Waals surface area contributed by atoms with Crippen molar-refractivity contribution >= 4 is 11.6 Å². The van der Waals surface area contributed by atoms with Crippen LogP contribution in [0.4, 0.5) is 10.1 Å². The van der Waals surface area contributed by atoms with Crippen LogP contribution < -0.4 is 11.1 Å². The lowest BCUT2D eigenvalue weighted by Gasteiger charge is -2.15. The summed E-state index contributed by atoms with van der Waals surface area (Å²) in [7, 11) is 0. The van der Waals surface area contributed by atoms with Gasteiger partial charge in [0.25, 0.3) is 5.91 Å². The lowest BCUT2D eigenvalue weighted by molar-refractivity contribution is 0.0938. The maximum atomic E-state index is 13.5. The Labute approximate surface area is 106 Å². The minimum absolute atomic E-state index is 0.0431. The van der Waals surface area contributed by atoms with Crippen LogP contribution in [0.2, 0.25) is 0 Å². The quantitative estimate of drug-likeness (QED) is 0.803. The lowest BCUT2D eigenvalue weighted by Crippen LogP contribution is -2.31. The molecule has 1 aromatic rings. The molecule has 0 radical (unpaired) electrons. The monoisotopic (exact) mass is 248 g/mol. The molecule has 2 aliphatic rings. The number of hydrogen-bond donors (Lipinski definition) is 2. The molecule has 3 nitrogen and oxygen atoms in total. The number of hydrogen-bond acceptors (Lipinski definition) is 2. The summed E-state index contributed by atoms with van der Waals surface area (Å²) in [6.07, 6.45) is 4.94. The van der Waals surface area contributed by atoms with Gasteiger partial charge in [0, 0.05) is 12.2 Å². The van der Waals surface area contributed by atoms with Crippen LogP contribution in [0.5, 0.6) is 0 Å². The zero-order valence-electron chi connectivity index (χ0n) is 10.2. The molecule has 0 heterocycles. The maximum absolute atomic E-state index is 13.5. The minimum Gasteiger partial charge on any atom is -0.399 e. The zero-order valence-corrected chi connectivity index (χ0v) is 10.2. The van der Waals surface area contributed by atoms with Gasteiger partial charge in [0.15, 0.2) is 0 Å². The van der Waals surface area contributed by atoms with Crippen molar-refractivity contribution in [3.8, 4) is 0 Å². The van der Waals surface area contributed by atoms with Gasteiger partial charge in [-0.05, 0) is 55.2 Å². The largest absolute Gasteiger partial charge is 0.399 e. The Bertz CT molecular complexity index is 493. The van der Waals surface area contributed by atoms with Crippen LogP contribution in [-0.4, -0.2) is 12.5 Å². The number of benzene rings is 1. The van der Waals surface area contributed by atoms with Crippen LogP contribution >= 0.6 is 0 Å². The molecule has 96 valence electrons. The highest BCUT2D eigenvalue weighted by Gasteiger charge is 2.53. The van der Waals surface area contributed by atoms with E-state index >= 15 is 0 Å². The second kappa shape index (κ2) is 3.97. The fraction of sp³-hybridized carbons (Fsp3) is 0.500. The molecule has 0 bridgehead atoms. The van der Waals surface area contributed by atoms with E-state index in [-0.39, 0.29) is 11.5 Å². The molecule has 0 aliphatic heterocycles. The molecule has 3 rings (SSSR count). The molecule has 0 unspecified atom stereocenters. The summed E-state index contributed by atoms with van der Waals surface area (Å²) < 4.78 is 13.5. The molecule has 1 aromatic carbocycles. The van der Waals surface area contributed by atoms with E-state index in [2.05, 4.69) is 5.32 Å². The normalized spacial score (nSPS) is 20.5. The average Bonchev–Trinajstić information content (AvgIpc) is 3.21. The van der Waals surface area contributed by atoms with Crippen LogP contribution in [0.1, 0.15) is 36.0 Å². The summed E-state index contributed by atoms with van der Waals surface area (Å²) in [5, 5.41) is 2.86. The molecule has 2 fully saturated rings. The topological polar surface area (TPSA) is 55.1 Å². The Kier molecular flexibility index (Phi) is 2.54. The number of nitrogens with two attached hydrogens (primary N) is 1. The van der Waals surface area contributed by atoms with Crippen molar-refractivity contribution in [3.63, 3.8) is 0 Å². The van der Waals surface area contributed by atoms with Crippen LogP contribution in [0.25, 0.3) is 0 Å². The van der Waals surface area contributed by atoms with Gasteiger partial charge in [0.1, 0.15) is 5.82 Å². The summed E-state index contributed by atoms with van der Waals surface area (Å²) in [6, 6.07) is 4.08. The van der Waals surface area contributed by atoms with Gasteiger partial charge in [-0.1, -0.05) is 0 Å². The molecule has 0 atom stereocenters. The molecule has 18 heavy (non-hydrogen) atoms. The first kappa shape index (κ1) is 11.5. The predicted octanol–water partition coefficient (Wildman–Crippen LogP) is 2.33. The van der Waals surface area contributed by atoms with Crippen molar-refractivity contribution in [3.05, 3.63) is 29.6 Å². The second-order valence-corrected chi connectivity index (χ2v) is 5.56.